The largest absolute Gasteiger partial charge is 0.363 e. The fraction of sp³-hybridized carbons (Fsp3) is 0.524. The van der Waals surface area contributed by atoms with Crippen molar-refractivity contribution in [1.29, 1.82) is 0 Å². The summed E-state index contributed by atoms with van der Waals surface area (Å²) in [6.45, 7) is 11.5. The molecule has 1 aliphatic rings. The lowest BCUT2D eigenvalue weighted by molar-refractivity contribution is 0.295. The van der Waals surface area contributed by atoms with Crippen LogP contribution in [0.1, 0.15) is 46.1 Å². The third kappa shape index (κ3) is 6.87. The van der Waals surface area contributed by atoms with Gasteiger partial charge in [-0.05, 0) is 36.3 Å². The molecule has 1 heterocycles. The lowest BCUT2D eigenvalue weighted by Crippen LogP contribution is -2.28. The summed E-state index contributed by atoms with van der Waals surface area (Å²) >= 11 is 2.03. The quantitative estimate of drug-likeness (QED) is 0.613. The Morgan fingerprint density at radius 3 is 2.61 bits per heavy atom. The summed E-state index contributed by atoms with van der Waals surface area (Å²) in [4.78, 5) is 2.54. The van der Waals surface area contributed by atoms with Crippen LogP contribution in [0.2, 0.25) is 0 Å². The number of benzene rings is 1. The van der Waals surface area contributed by atoms with Gasteiger partial charge in [0.15, 0.2) is 0 Å². The Balaban J connectivity index is 1.83. The first-order chi connectivity index (χ1) is 10.9. The zero-order valence-electron chi connectivity index (χ0n) is 15.1. The summed E-state index contributed by atoms with van der Waals surface area (Å²) in [5.41, 5.74) is 1.85. The van der Waals surface area contributed by atoms with E-state index in [2.05, 4.69) is 81.2 Å². The molecule has 0 saturated heterocycles. The predicted molar refractivity (Wildman–Crippen MR) is 105 cm³/mol. The van der Waals surface area contributed by atoms with Gasteiger partial charge in [-0.3, -0.25) is 0 Å². The van der Waals surface area contributed by atoms with Crippen molar-refractivity contribution >= 4 is 11.8 Å². The molecule has 0 fully saturated rings. The number of rotatable bonds is 7. The number of hydrogen-bond donors (Lipinski definition) is 0. The summed E-state index contributed by atoms with van der Waals surface area (Å²) in [6, 6.07) is 10.8. The first kappa shape index (κ1) is 18.2. The van der Waals surface area contributed by atoms with E-state index in [1.54, 1.807) is 0 Å². The lowest BCUT2D eigenvalue weighted by atomic mass is 9.92. The van der Waals surface area contributed by atoms with Gasteiger partial charge in [0.25, 0.3) is 0 Å². The molecule has 0 unspecified atom stereocenters. The monoisotopic (exact) mass is 329 g/mol. The molecule has 0 saturated carbocycles. The van der Waals surface area contributed by atoms with Crippen molar-refractivity contribution in [3.8, 4) is 0 Å². The van der Waals surface area contributed by atoms with Crippen molar-refractivity contribution in [3.05, 3.63) is 59.2 Å². The van der Waals surface area contributed by atoms with Gasteiger partial charge < -0.3 is 4.90 Å². The Kier molecular flexibility index (Phi) is 6.83. The topological polar surface area (TPSA) is 3.24 Å². The zero-order valence-corrected chi connectivity index (χ0v) is 15.9. The highest BCUT2D eigenvalue weighted by Crippen LogP contribution is 2.31. The average Bonchev–Trinajstić information content (AvgIpc) is 2.52. The van der Waals surface area contributed by atoms with Gasteiger partial charge in [-0.25, -0.2) is 0 Å². The second-order valence-corrected chi connectivity index (χ2v) is 9.10. The van der Waals surface area contributed by atoms with E-state index in [-0.39, 0.29) is 0 Å². The molecule has 0 bridgehead atoms. The van der Waals surface area contributed by atoms with Crippen LogP contribution in [0.15, 0.2) is 53.6 Å². The predicted octanol–water partition coefficient (Wildman–Crippen LogP) is 5.89. The number of nitrogens with zero attached hydrogens (tertiary/aromatic N) is 1. The van der Waals surface area contributed by atoms with E-state index in [1.807, 2.05) is 11.8 Å². The fourth-order valence-corrected chi connectivity index (χ4v) is 3.72. The molecule has 126 valence electrons. The number of aryl methyl sites for hydroxylation is 1. The Morgan fingerprint density at radius 2 is 1.91 bits per heavy atom. The fourth-order valence-electron chi connectivity index (χ4n) is 2.60. The van der Waals surface area contributed by atoms with Gasteiger partial charge in [0.1, 0.15) is 0 Å². The van der Waals surface area contributed by atoms with Crippen LogP contribution in [0.25, 0.3) is 0 Å². The molecule has 2 heteroatoms. The van der Waals surface area contributed by atoms with E-state index in [1.165, 1.54) is 29.9 Å². The molecule has 1 atom stereocenters. The average molecular weight is 330 g/mol. The summed E-state index contributed by atoms with van der Waals surface area (Å²) in [5, 5.41) is 2.09. The maximum atomic E-state index is 2.54. The molecular weight excluding hydrogens is 298 g/mol. The van der Waals surface area contributed by atoms with E-state index in [4.69, 9.17) is 0 Å². The molecular formula is C21H31NS. The molecule has 0 aliphatic carbocycles. The Bertz CT molecular complexity index is 525. The van der Waals surface area contributed by atoms with Gasteiger partial charge in [0.2, 0.25) is 0 Å². The molecule has 2 rings (SSSR count). The minimum absolute atomic E-state index is 0.399. The highest BCUT2D eigenvalue weighted by Gasteiger charge is 2.18. The van der Waals surface area contributed by atoms with Crippen LogP contribution in [0.5, 0.6) is 0 Å². The van der Waals surface area contributed by atoms with Crippen LogP contribution in [-0.4, -0.2) is 23.2 Å². The number of allylic oxidation sites excluding steroid dienone is 2. The second kappa shape index (κ2) is 8.63. The Morgan fingerprint density at radius 1 is 1.17 bits per heavy atom. The van der Waals surface area contributed by atoms with Crippen LogP contribution in [0.3, 0.4) is 0 Å². The van der Waals surface area contributed by atoms with Crippen molar-refractivity contribution < 1.29 is 0 Å². The zero-order chi connectivity index (χ0) is 16.7. The van der Waals surface area contributed by atoms with Crippen molar-refractivity contribution in [2.45, 2.75) is 52.2 Å². The van der Waals surface area contributed by atoms with Crippen molar-refractivity contribution in [2.75, 3.05) is 13.1 Å². The molecule has 1 aliphatic heterocycles. The van der Waals surface area contributed by atoms with Crippen LogP contribution in [0, 0.1) is 5.41 Å². The summed E-state index contributed by atoms with van der Waals surface area (Å²) in [5.74, 6) is 0. The first-order valence-electron chi connectivity index (χ1n) is 8.76. The maximum Gasteiger partial charge on any atom is 0.0712 e. The molecule has 0 radical (unpaired) electrons. The Labute approximate surface area is 146 Å². The minimum Gasteiger partial charge on any atom is -0.363 e. The second-order valence-electron chi connectivity index (χ2n) is 7.64. The van der Waals surface area contributed by atoms with Gasteiger partial charge in [0, 0.05) is 18.3 Å². The van der Waals surface area contributed by atoms with Crippen LogP contribution in [-0.2, 0) is 6.42 Å². The summed E-state index contributed by atoms with van der Waals surface area (Å²) in [7, 11) is 0. The van der Waals surface area contributed by atoms with Crippen molar-refractivity contribution in [3.63, 3.8) is 0 Å². The van der Waals surface area contributed by atoms with Crippen molar-refractivity contribution in [2.24, 2.45) is 5.41 Å². The van der Waals surface area contributed by atoms with Gasteiger partial charge in [-0.2, -0.15) is 0 Å². The van der Waals surface area contributed by atoms with E-state index in [0.29, 0.717) is 10.7 Å². The minimum atomic E-state index is 0.399. The van der Waals surface area contributed by atoms with E-state index >= 15 is 0 Å². The SMILES string of the molecule is C[C@@H](CCc1ccccc1)SC1=CC=CCN1CCC(C)(C)C. The standard InChI is InChI=1S/C21H31NS/c1-18(13-14-19-10-6-5-7-11-19)23-20-12-8-9-16-22(20)17-15-21(2,3)4/h5-12,18H,13-17H2,1-4H3/t18-/m0/s1. The van der Waals surface area contributed by atoms with Gasteiger partial charge in [-0.15, -0.1) is 11.8 Å². The van der Waals surface area contributed by atoms with Gasteiger partial charge >= 0.3 is 0 Å². The molecule has 23 heavy (non-hydrogen) atoms. The third-order valence-electron chi connectivity index (χ3n) is 4.15. The molecule has 1 aromatic carbocycles. The molecule has 1 aromatic rings. The maximum absolute atomic E-state index is 2.54. The molecule has 1 nitrogen and oxygen atoms in total. The van der Waals surface area contributed by atoms with Gasteiger partial charge in [0.05, 0.1) is 5.03 Å². The normalized spacial score (nSPS) is 16.3. The highest BCUT2D eigenvalue weighted by molar-refractivity contribution is 8.03. The van der Waals surface area contributed by atoms with Gasteiger partial charge in [-0.1, -0.05) is 70.2 Å². The van der Waals surface area contributed by atoms with E-state index in [9.17, 15) is 0 Å². The van der Waals surface area contributed by atoms with Crippen LogP contribution < -0.4 is 0 Å². The number of hydrogen-bond acceptors (Lipinski definition) is 2. The molecule has 0 spiro atoms. The third-order valence-corrected chi connectivity index (χ3v) is 5.42. The first-order valence-corrected chi connectivity index (χ1v) is 9.64. The van der Waals surface area contributed by atoms with Crippen molar-refractivity contribution in [1.82, 2.24) is 4.90 Å². The number of thioether (sulfide) groups is 1. The molecule has 0 aromatic heterocycles. The van der Waals surface area contributed by atoms with Crippen LogP contribution >= 0.6 is 11.8 Å². The Hall–Kier alpha value is -1.15. The van der Waals surface area contributed by atoms with E-state index in [0.717, 1.165) is 13.1 Å². The summed E-state index contributed by atoms with van der Waals surface area (Å²) < 4.78 is 0. The molecule has 0 N–H and O–H groups in total. The van der Waals surface area contributed by atoms with E-state index < -0.39 is 0 Å². The lowest BCUT2D eigenvalue weighted by Gasteiger charge is -2.32. The molecule has 0 amide bonds. The smallest absolute Gasteiger partial charge is 0.0712 e. The highest BCUT2D eigenvalue weighted by atomic mass is 32.2. The van der Waals surface area contributed by atoms with Crippen LogP contribution in [0.4, 0.5) is 0 Å². The summed E-state index contributed by atoms with van der Waals surface area (Å²) in [6.07, 6.45) is 10.4.